The van der Waals surface area contributed by atoms with Crippen molar-refractivity contribution >= 4 is 16.8 Å². The van der Waals surface area contributed by atoms with Crippen molar-refractivity contribution < 1.29 is 4.42 Å². The van der Waals surface area contributed by atoms with Gasteiger partial charge in [0.2, 0.25) is 0 Å². The Morgan fingerprint density at radius 1 is 1.11 bits per heavy atom. The number of H-pyrrole nitrogens is 1. The van der Waals surface area contributed by atoms with Crippen molar-refractivity contribution in [3.63, 3.8) is 0 Å². The second kappa shape index (κ2) is 8.01. The lowest BCUT2D eigenvalue weighted by Gasteiger charge is -2.30. The molecule has 1 heterocycles. The zero-order valence-corrected chi connectivity index (χ0v) is 15.8. The van der Waals surface area contributed by atoms with Crippen LogP contribution in [0.3, 0.4) is 0 Å². The second-order valence-electron chi connectivity index (χ2n) is 7.53. The number of rotatable bonds is 6. The van der Waals surface area contributed by atoms with Crippen molar-refractivity contribution in [3.05, 3.63) is 64.6 Å². The van der Waals surface area contributed by atoms with Gasteiger partial charge in [0.05, 0.1) is 5.52 Å². The lowest BCUT2D eigenvalue weighted by atomic mass is 9.82. The van der Waals surface area contributed by atoms with Gasteiger partial charge in [0.25, 0.3) is 0 Å². The Bertz CT molecular complexity index is 923. The fourth-order valence-corrected chi connectivity index (χ4v) is 4.09. The van der Waals surface area contributed by atoms with Crippen LogP contribution in [0.15, 0.2) is 57.7 Å². The third-order valence-corrected chi connectivity index (χ3v) is 5.72. The standard InChI is InChI=1S/C22H27N3O2/c1-25(19-11-12-20-21(15-19)27-22(26)24-20)14-13-23-18-9-7-17(8-10-18)16-5-3-2-4-6-16/h2-6,11-12,15,17-18,23H,7-10,13-14H2,1H3,(H,24,26)/t17-,18-. The number of nitrogens with zero attached hydrogens (tertiary/aromatic N) is 1. The monoisotopic (exact) mass is 365 g/mol. The average Bonchev–Trinajstić information content (AvgIpc) is 3.08. The Kier molecular flexibility index (Phi) is 5.30. The summed E-state index contributed by atoms with van der Waals surface area (Å²) in [5, 5.41) is 3.71. The van der Waals surface area contributed by atoms with E-state index in [1.54, 1.807) is 0 Å². The first-order valence-electron chi connectivity index (χ1n) is 9.81. The molecule has 0 unspecified atom stereocenters. The number of oxazole rings is 1. The average molecular weight is 365 g/mol. The van der Waals surface area contributed by atoms with Gasteiger partial charge in [0.15, 0.2) is 5.58 Å². The summed E-state index contributed by atoms with van der Waals surface area (Å²) in [6, 6.07) is 17.3. The van der Waals surface area contributed by atoms with Crippen molar-refractivity contribution in [2.45, 2.75) is 37.6 Å². The fourth-order valence-electron chi connectivity index (χ4n) is 4.09. The molecule has 0 radical (unpaired) electrons. The molecule has 1 saturated carbocycles. The molecular formula is C22H27N3O2. The number of aromatic amines is 1. The van der Waals surface area contributed by atoms with Gasteiger partial charge >= 0.3 is 5.76 Å². The van der Waals surface area contributed by atoms with Gasteiger partial charge in [-0.1, -0.05) is 30.3 Å². The minimum absolute atomic E-state index is 0.405. The quantitative estimate of drug-likeness (QED) is 0.696. The molecule has 0 amide bonds. The van der Waals surface area contributed by atoms with Gasteiger partial charge in [-0.3, -0.25) is 4.98 Å². The lowest BCUT2D eigenvalue weighted by Crippen LogP contribution is -2.37. The highest BCUT2D eigenvalue weighted by Gasteiger charge is 2.21. The Balaban J connectivity index is 1.24. The first-order chi connectivity index (χ1) is 13.2. The van der Waals surface area contributed by atoms with E-state index >= 15 is 0 Å². The van der Waals surface area contributed by atoms with E-state index in [0.717, 1.165) is 30.2 Å². The van der Waals surface area contributed by atoms with Crippen LogP contribution in [0.25, 0.3) is 11.1 Å². The molecule has 3 aromatic rings. The predicted molar refractivity (Wildman–Crippen MR) is 110 cm³/mol. The van der Waals surface area contributed by atoms with Gasteiger partial charge in [-0.2, -0.15) is 0 Å². The number of aromatic nitrogens is 1. The number of anilines is 1. The van der Waals surface area contributed by atoms with E-state index in [1.807, 2.05) is 18.2 Å². The lowest BCUT2D eigenvalue weighted by molar-refractivity contribution is 0.345. The molecular weight excluding hydrogens is 338 g/mol. The first kappa shape index (κ1) is 17.9. The van der Waals surface area contributed by atoms with E-state index in [-0.39, 0.29) is 0 Å². The highest BCUT2D eigenvalue weighted by Crippen LogP contribution is 2.32. The molecule has 2 N–H and O–H groups in total. The van der Waals surface area contributed by atoms with Crippen molar-refractivity contribution in [1.82, 2.24) is 10.3 Å². The van der Waals surface area contributed by atoms with E-state index in [2.05, 4.69) is 52.6 Å². The van der Waals surface area contributed by atoms with Crippen LogP contribution in [0, 0.1) is 0 Å². The summed E-state index contributed by atoms with van der Waals surface area (Å²) in [4.78, 5) is 16.1. The van der Waals surface area contributed by atoms with Gasteiger partial charge in [-0.25, -0.2) is 4.79 Å². The summed E-state index contributed by atoms with van der Waals surface area (Å²) in [6.07, 6.45) is 5.01. The minimum Gasteiger partial charge on any atom is -0.408 e. The molecule has 5 nitrogen and oxygen atoms in total. The van der Waals surface area contributed by atoms with Crippen LogP contribution in [0.5, 0.6) is 0 Å². The van der Waals surface area contributed by atoms with Gasteiger partial charge in [-0.05, 0) is 49.3 Å². The van der Waals surface area contributed by atoms with Crippen LogP contribution < -0.4 is 16.0 Å². The summed E-state index contributed by atoms with van der Waals surface area (Å²) >= 11 is 0. The molecule has 0 spiro atoms. The summed E-state index contributed by atoms with van der Waals surface area (Å²) in [7, 11) is 2.07. The Hall–Kier alpha value is -2.53. The maximum atomic E-state index is 11.3. The van der Waals surface area contributed by atoms with E-state index in [0.29, 0.717) is 11.6 Å². The van der Waals surface area contributed by atoms with Crippen LogP contribution in [-0.2, 0) is 0 Å². The maximum absolute atomic E-state index is 11.3. The Morgan fingerprint density at radius 2 is 1.89 bits per heavy atom. The van der Waals surface area contributed by atoms with Crippen molar-refractivity contribution in [3.8, 4) is 0 Å². The van der Waals surface area contributed by atoms with Gasteiger partial charge in [0.1, 0.15) is 0 Å². The Morgan fingerprint density at radius 3 is 2.67 bits per heavy atom. The highest BCUT2D eigenvalue weighted by molar-refractivity contribution is 5.76. The molecule has 27 heavy (non-hydrogen) atoms. The molecule has 2 aromatic carbocycles. The van der Waals surface area contributed by atoms with Crippen molar-refractivity contribution in [2.75, 3.05) is 25.0 Å². The Labute approximate surface area is 159 Å². The van der Waals surface area contributed by atoms with Gasteiger partial charge < -0.3 is 14.6 Å². The number of fused-ring (bicyclic) bond motifs is 1. The van der Waals surface area contributed by atoms with E-state index in [1.165, 1.54) is 31.2 Å². The third kappa shape index (κ3) is 4.25. The molecule has 1 aliphatic rings. The van der Waals surface area contributed by atoms with Crippen LogP contribution in [0.4, 0.5) is 5.69 Å². The van der Waals surface area contributed by atoms with E-state index in [4.69, 9.17) is 4.42 Å². The number of hydrogen-bond acceptors (Lipinski definition) is 4. The largest absolute Gasteiger partial charge is 0.417 e. The highest BCUT2D eigenvalue weighted by atomic mass is 16.4. The molecule has 1 fully saturated rings. The zero-order valence-electron chi connectivity index (χ0n) is 15.8. The van der Waals surface area contributed by atoms with Crippen LogP contribution in [0.1, 0.15) is 37.2 Å². The SMILES string of the molecule is CN(CCN[C@H]1CC[C@H](c2ccccc2)CC1)c1ccc2[nH]c(=O)oc2c1. The van der Waals surface area contributed by atoms with Crippen molar-refractivity contribution in [1.29, 1.82) is 0 Å². The smallest absolute Gasteiger partial charge is 0.408 e. The predicted octanol–water partition coefficient (Wildman–Crippen LogP) is 3.87. The summed E-state index contributed by atoms with van der Waals surface area (Å²) in [5.41, 5.74) is 3.89. The second-order valence-corrected chi connectivity index (χ2v) is 7.53. The molecule has 142 valence electrons. The van der Waals surface area contributed by atoms with Gasteiger partial charge in [0, 0.05) is 37.9 Å². The van der Waals surface area contributed by atoms with Gasteiger partial charge in [-0.15, -0.1) is 0 Å². The fraction of sp³-hybridized carbons (Fsp3) is 0.409. The van der Waals surface area contributed by atoms with E-state index in [9.17, 15) is 4.79 Å². The summed E-state index contributed by atoms with van der Waals surface area (Å²) in [6.45, 7) is 1.87. The molecule has 4 rings (SSSR count). The minimum atomic E-state index is -0.405. The number of likely N-dealkylation sites (N-methyl/N-ethyl adjacent to an activating group) is 1. The van der Waals surface area contributed by atoms with Crippen molar-refractivity contribution in [2.24, 2.45) is 0 Å². The number of hydrogen-bond donors (Lipinski definition) is 2. The molecule has 5 heteroatoms. The van der Waals surface area contributed by atoms with Crippen LogP contribution in [0.2, 0.25) is 0 Å². The number of nitrogens with one attached hydrogen (secondary N) is 2. The van der Waals surface area contributed by atoms with E-state index < -0.39 is 5.76 Å². The van der Waals surface area contributed by atoms with Crippen LogP contribution >= 0.6 is 0 Å². The topological polar surface area (TPSA) is 61.3 Å². The molecule has 1 aliphatic carbocycles. The third-order valence-electron chi connectivity index (χ3n) is 5.72. The summed E-state index contributed by atoms with van der Waals surface area (Å²) < 4.78 is 5.15. The molecule has 0 aliphatic heterocycles. The molecule has 1 aromatic heterocycles. The molecule has 0 atom stereocenters. The molecule has 0 bridgehead atoms. The number of benzene rings is 2. The first-order valence-corrected chi connectivity index (χ1v) is 9.81. The normalized spacial score (nSPS) is 20.0. The van der Waals surface area contributed by atoms with Crippen LogP contribution in [-0.4, -0.2) is 31.2 Å². The zero-order chi connectivity index (χ0) is 18.6. The summed E-state index contributed by atoms with van der Waals surface area (Å²) in [5.74, 6) is 0.312. The molecule has 0 saturated heterocycles. The maximum Gasteiger partial charge on any atom is 0.417 e.